The highest BCUT2D eigenvalue weighted by Crippen LogP contribution is 2.53. The maximum Gasteiger partial charge on any atom is 0.249 e. The smallest absolute Gasteiger partial charge is 0.249 e. The number of hydrogen-bond acceptors (Lipinski definition) is 4. The zero-order chi connectivity index (χ0) is 20.0. The van der Waals surface area contributed by atoms with Gasteiger partial charge in [0.05, 0.1) is 11.8 Å². The number of anilines is 1. The van der Waals surface area contributed by atoms with Crippen LogP contribution in [0.2, 0.25) is 0 Å². The summed E-state index contributed by atoms with van der Waals surface area (Å²) in [6.07, 6.45) is 6.84. The predicted octanol–water partition coefficient (Wildman–Crippen LogP) is 2.44. The third-order valence-electron chi connectivity index (χ3n) is 6.31. The molecule has 1 saturated heterocycles. The van der Waals surface area contributed by atoms with Crippen molar-refractivity contribution in [1.82, 2.24) is 9.88 Å². The molecule has 3 amide bonds. The van der Waals surface area contributed by atoms with E-state index in [0.29, 0.717) is 5.82 Å². The van der Waals surface area contributed by atoms with Crippen LogP contribution in [0.1, 0.15) is 12.0 Å². The van der Waals surface area contributed by atoms with Gasteiger partial charge in [-0.2, -0.15) is 0 Å². The Hall–Kier alpha value is -3.28. The molecule has 1 aliphatic heterocycles. The van der Waals surface area contributed by atoms with Crippen molar-refractivity contribution in [2.24, 2.45) is 23.7 Å². The average Bonchev–Trinajstić information content (AvgIpc) is 3.42. The molecule has 5 atom stereocenters. The van der Waals surface area contributed by atoms with E-state index >= 15 is 0 Å². The Morgan fingerprint density at radius 3 is 2.28 bits per heavy atom. The summed E-state index contributed by atoms with van der Waals surface area (Å²) in [4.78, 5) is 45.0. The van der Waals surface area contributed by atoms with E-state index in [9.17, 15) is 14.4 Å². The number of amides is 3. The lowest BCUT2D eigenvalue weighted by atomic mass is 9.85. The number of nitrogens with zero attached hydrogens (tertiary/aromatic N) is 2. The van der Waals surface area contributed by atoms with E-state index in [1.807, 2.05) is 30.3 Å². The zero-order valence-corrected chi connectivity index (χ0v) is 15.8. The van der Waals surface area contributed by atoms with Crippen LogP contribution >= 0.6 is 0 Å². The van der Waals surface area contributed by atoms with Crippen LogP contribution in [-0.2, 0) is 20.8 Å². The Balaban J connectivity index is 1.46. The van der Waals surface area contributed by atoms with Gasteiger partial charge in [-0.1, -0.05) is 48.6 Å². The summed E-state index contributed by atoms with van der Waals surface area (Å²) in [5, 5.41) is 2.77. The highest BCUT2D eigenvalue weighted by molar-refractivity contribution is 6.10. The topological polar surface area (TPSA) is 79.4 Å². The van der Waals surface area contributed by atoms with Gasteiger partial charge in [-0.3, -0.25) is 19.3 Å². The molecule has 6 nitrogen and oxygen atoms in total. The number of likely N-dealkylation sites (tertiary alicyclic amines) is 1. The Bertz CT molecular complexity index is 959. The van der Waals surface area contributed by atoms with Crippen molar-refractivity contribution in [3.05, 3.63) is 72.4 Å². The minimum absolute atomic E-state index is 0.114. The van der Waals surface area contributed by atoms with Crippen LogP contribution in [-0.4, -0.2) is 33.6 Å². The Morgan fingerprint density at radius 2 is 1.66 bits per heavy atom. The molecule has 0 spiro atoms. The first kappa shape index (κ1) is 17.8. The van der Waals surface area contributed by atoms with Gasteiger partial charge in [0.2, 0.25) is 17.7 Å². The number of imide groups is 1. The molecule has 0 unspecified atom stereocenters. The fourth-order valence-corrected chi connectivity index (χ4v) is 5.02. The number of carbonyl (C=O) groups is 3. The van der Waals surface area contributed by atoms with Gasteiger partial charge in [0.15, 0.2) is 0 Å². The Kier molecular flexibility index (Phi) is 4.27. The number of carbonyl (C=O) groups excluding carboxylic acids is 3. The third kappa shape index (κ3) is 2.95. The van der Waals surface area contributed by atoms with E-state index < -0.39 is 11.9 Å². The van der Waals surface area contributed by atoms with Crippen LogP contribution in [0.5, 0.6) is 0 Å². The molecule has 1 aromatic carbocycles. The molecule has 6 heteroatoms. The van der Waals surface area contributed by atoms with E-state index in [-0.39, 0.29) is 41.9 Å². The van der Waals surface area contributed by atoms with Crippen LogP contribution in [0.4, 0.5) is 5.82 Å². The molecular weight excluding hydrogens is 366 g/mol. The van der Waals surface area contributed by atoms with Crippen LogP contribution in [0.3, 0.4) is 0 Å². The summed E-state index contributed by atoms with van der Waals surface area (Å²) < 4.78 is 0. The molecule has 2 aliphatic carbocycles. The van der Waals surface area contributed by atoms with Gasteiger partial charge in [-0.15, -0.1) is 0 Å². The second kappa shape index (κ2) is 6.95. The molecule has 2 fully saturated rings. The minimum atomic E-state index is -0.899. The molecule has 1 saturated carbocycles. The number of rotatable bonds is 5. The molecule has 2 aromatic rings. The van der Waals surface area contributed by atoms with Gasteiger partial charge < -0.3 is 5.32 Å². The molecular formula is C23H21N3O3. The fraction of sp³-hybridized carbons (Fsp3) is 0.304. The van der Waals surface area contributed by atoms with Crippen LogP contribution < -0.4 is 5.32 Å². The van der Waals surface area contributed by atoms with E-state index in [1.54, 1.807) is 24.4 Å². The summed E-state index contributed by atoms with van der Waals surface area (Å²) >= 11 is 0. The summed E-state index contributed by atoms with van der Waals surface area (Å²) in [6, 6.07) is 13.8. The van der Waals surface area contributed by atoms with Crippen molar-refractivity contribution in [3.8, 4) is 0 Å². The van der Waals surface area contributed by atoms with Crippen molar-refractivity contribution in [2.45, 2.75) is 18.9 Å². The lowest BCUT2D eigenvalue weighted by Gasteiger charge is -2.27. The monoisotopic (exact) mass is 387 g/mol. The maximum absolute atomic E-state index is 13.3. The van der Waals surface area contributed by atoms with Gasteiger partial charge in [0, 0.05) is 12.6 Å². The van der Waals surface area contributed by atoms with Crippen molar-refractivity contribution < 1.29 is 14.4 Å². The zero-order valence-electron chi connectivity index (χ0n) is 15.8. The Morgan fingerprint density at radius 1 is 1.00 bits per heavy atom. The van der Waals surface area contributed by atoms with Gasteiger partial charge in [0.1, 0.15) is 11.9 Å². The molecule has 29 heavy (non-hydrogen) atoms. The lowest BCUT2D eigenvalue weighted by Crippen LogP contribution is -2.49. The largest absolute Gasteiger partial charge is 0.309 e. The normalized spacial score (nSPS) is 27.9. The fourth-order valence-electron chi connectivity index (χ4n) is 5.02. The van der Waals surface area contributed by atoms with Crippen LogP contribution in [0.15, 0.2) is 66.9 Å². The summed E-state index contributed by atoms with van der Waals surface area (Å²) in [5.74, 6) is -0.837. The van der Waals surface area contributed by atoms with Crippen molar-refractivity contribution in [1.29, 1.82) is 0 Å². The van der Waals surface area contributed by atoms with E-state index in [1.165, 1.54) is 4.90 Å². The van der Waals surface area contributed by atoms with Crippen molar-refractivity contribution >= 4 is 23.5 Å². The summed E-state index contributed by atoms with van der Waals surface area (Å²) in [7, 11) is 0. The predicted molar refractivity (Wildman–Crippen MR) is 106 cm³/mol. The molecule has 0 radical (unpaired) electrons. The van der Waals surface area contributed by atoms with Gasteiger partial charge in [-0.05, 0) is 36.0 Å². The maximum atomic E-state index is 13.3. The first-order valence-electron chi connectivity index (χ1n) is 9.94. The Labute approximate surface area is 168 Å². The number of hydrogen-bond donors (Lipinski definition) is 1. The van der Waals surface area contributed by atoms with Crippen molar-refractivity contribution in [2.75, 3.05) is 5.32 Å². The third-order valence-corrected chi connectivity index (χ3v) is 6.31. The first-order valence-corrected chi connectivity index (χ1v) is 9.94. The number of allylic oxidation sites excluding steroid dienone is 2. The van der Waals surface area contributed by atoms with Gasteiger partial charge in [-0.25, -0.2) is 4.98 Å². The number of aromatic nitrogens is 1. The highest BCUT2D eigenvalue weighted by Gasteiger charge is 2.61. The second-order valence-electron chi connectivity index (χ2n) is 7.96. The van der Waals surface area contributed by atoms with Crippen LogP contribution in [0.25, 0.3) is 0 Å². The minimum Gasteiger partial charge on any atom is -0.309 e. The van der Waals surface area contributed by atoms with Crippen molar-refractivity contribution in [3.63, 3.8) is 0 Å². The standard InChI is InChI=1S/C23H21N3O3/c27-21(25-18-8-4-5-11-24-18)17(12-14-6-2-1-3-7-14)26-22(28)19-15-9-10-16(13-15)20(19)23(26)29/h1-11,15-17,19-20H,12-13H2,(H,24,25,27)/t15-,16-,17-,19-,20-/m0/s1. The number of fused-ring (bicyclic) bond motifs is 5. The SMILES string of the molecule is O=C(Nc1ccccn1)[C@H](Cc1ccccc1)N1C(=O)[C@@H]2[C@@H](C1=O)[C@H]1C=C[C@H]2C1. The summed E-state index contributed by atoms with van der Waals surface area (Å²) in [5.41, 5.74) is 0.896. The first-order chi connectivity index (χ1) is 14.1. The van der Waals surface area contributed by atoms with E-state index in [2.05, 4.69) is 22.5 Å². The molecule has 3 aliphatic rings. The van der Waals surface area contributed by atoms with Gasteiger partial charge >= 0.3 is 0 Å². The van der Waals surface area contributed by atoms with Gasteiger partial charge in [0.25, 0.3) is 0 Å². The molecule has 146 valence electrons. The number of benzene rings is 1. The lowest BCUT2D eigenvalue weighted by molar-refractivity contribution is -0.147. The summed E-state index contributed by atoms with van der Waals surface area (Å²) in [6.45, 7) is 0. The number of nitrogens with one attached hydrogen (secondary N) is 1. The average molecular weight is 387 g/mol. The quantitative estimate of drug-likeness (QED) is 0.631. The number of pyridine rings is 1. The molecule has 5 rings (SSSR count). The molecule has 1 N–H and O–H groups in total. The highest BCUT2D eigenvalue weighted by atomic mass is 16.2. The molecule has 2 heterocycles. The second-order valence-corrected chi connectivity index (χ2v) is 7.96. The molecule has 1 aromatic heterocycles. The molecule has 2 bridgehead atoms. The van der Waals surface area contributed by atoms with Crippen LogP contribution in [0, 0.1) is 23.7 Å². The van der Waals surface area contributed by atoms with E-state index in [4.69, 9.17) is 0 Å². The van der Waals surface area contributed by atoms with E-state index in [0.717, 1.165) is 12.0 Å².